The molecule has 1 saturated heterocycles. The first kappa shape index (κ1) is 26.3. The third-order valence-electron chi connectivity index (χ3n) is 5.87. The number of aliphatic imine (C=N–C) groups is 1. The van der Waals surface area contributed by atoms with E-state index in [2.05, 4.69) is 54.0 Å². The number of rotatable bonds is 9. The standard InChI is InChI=1S/C25H35N3O3.HI/c1-4-26-24(27-15-12-20-10-11-22(29-2)23(18-20)30-3)28-19-25(13-16-31-17-14-25)21-8-6-5-7-9-21;/h5-11,18H,4,12-17,19H2,1-3H3,(H2,26,27,28);1H. The average molecular weight is 553 g/mol. The summed E-state index contributed by atoms with van der Waals surface area (Å²) in [5, 5.41) is 6.86. The highest BCUT2D eigenvalue weighted by atomic mass is 127. The van der Waals surface area contributed by atoms with Crippen molar-refractivity contribution < 1.29 is 14.2 Å². The topological polar surface area (TPSA) is 64.1 Å². The van der Waals surface area contributed by atoms with Gasteiger partial charge in [0.25, 0.3) is 0 Å². The molecule has 0 aromatic heterocycles. The van der Waals surface area contributed by atoms with E-state index < -0.39 is 0 Å². The molecule has 0 radical (unpaired) electrons. The molecule has 2 aromatic carbocycles. The Morgan fingerprint density at radius 3 is 2.38 bits per heavy atom. The molecule has 0 unspecified atom stereocenters. The van der Waals surface area contributed by atoms with Crippen LogP contribution in [0.3, 0.4) is 0 Å². The van der Waals surface area contributed by atoms with Crippen LogP contribution in [0.4, 0.5) is 0 Å². The summed E-state index contributed by atoms with van der Waals surface area (Å²) in [4.78, 5) is 4.97. The molecule has 176 valence electrons. The Bertz CT molecular complexity index is 840. The summed E-state index contributed by atoms with van der Waals surface area (Å²) in [5.41, 5.74) is 2.57. The van der Waals surface area contributed by atoms with Crippen molar-refractivity contribution in [3.63, 3.8) is 0 Å². The molecule has 7 heteroatoms. The van der Waals surface area contributed by atoms with Crippen molar-refractivity contribution >= 4 is 29.9 Å². The predicted octanol–water partition coefficient (Wildman–Crippen LogP) is 4.17. The smallest absolute Gasteiger partial charge is 0.191 e. The Hall–Kier alpha value is -2.00. The zero-order valence-corrected chi connectivity index (χ0v) is 21.7. The van der Waals surface area contributed by atoms with E-state index in [9.17, 15) is 0 Å². The first-order valence-electron chi connectivity index (χ1n) is 11.1. The zero-order chi connectivity index (χ0) is 21.9. The number of nitrogens with one attached hydrogen (secondary N) is 2. The minimum absolute atomic E-state index is 0. The number of guanidine groups is 1. The molecule has 0 amide bonds. The first-order valence-corrected chi connectivity index (χ1v) is 11.1. The molecule has 0 aliphatic carbocycles. The van der Waals surface area contributed by atoms with Crippen molar-refractivity contribution in [1.82, 2.24) is 10.6 Å². The molecule has 6 nitrogen and oxygen atoms in total. The number of methoxy groups -OCH3 is 2. The van der Waals surface area contributed by atoms with E-state index in [1.807, 2.05) is 12.1 Å². The fourth-order valence-corrected chi connectivity index (χ4v) is 4.03. The van der Waals surface area contributed by atoms with E-state index in [0.717, 1.165) is 69.6 Å². The highest BCUT2D eigenvalue weighted by Crippen LogP contribution is 2.35. The van der Waals surface area contributed by atoms with Crippen LogP contribution in [0.15, 0.2) is 53.5 Å². The summed E-state index contributed by atoms with van der Waals surface area (Å²) in [6.07, 6.45) is 2.85. The summed E-state index contributed by atoms with van der Waals surface area (Å²) >= 11 is 0. The van der Waals surface area contributed by atoms with Gasteiger partial charge < -0.3 is 24.8 Å². The highest BCUT2D eigenvalue weighted by molar-refractivity contribution is 14.0. The van der Waals surface area contributed by atoms with Crippen LogP contribution in [0.1, 0.15) is 30.9 Å². The lowest BCUT2D eigenvalue weighted by Crippen LogP contribution is -2.41. The molecule has 1 aliphatic heterocycles. The molecule has 0 saturated carbocycles. The summed E-state index contributed by atoms with van der Waals surface area (Å²) in [6, 6.07) is 16.8. The summed E-state index contributed by atoms with van der Waals surface area (Å²) in [7, 11) is 3.31. The van der Waals surface area contributed by atoms with Crippen LogP contribution in [0, 0.1) is 0 Å². The van der Waals surface area contributed by atoms with Crippen LogP contribution in [-0.2, 0) is 16.6 Å². The van der Waals surface area contributed by atoms with Gasteiger partial charge in [-0.25, -0.2) is 0 Å². The van der Waals surface area contributed by atoms with Gasteiger partial charge in [-0.3, -0.25) is 4.99 Å². The second kappa shape index (κ2) is 13.5. The van der Waals surface area contributed by atoms with E-state index >= 15 is 0 Å². The highest BCUT2D eigenvalue weighted by Gasteiger charge is 2.34. The molecule has 2 N–H and O–H groups in total. The average Bonchev–Trinajstić information content (AvgIpc) is 2.83. The number of halogens is 1. The van der Waals surface area contributed by atoms with E-state index in [4.69, 9.17) is 19.2 Å². The van der Waals surface area contributed by atoms with Gasteiger partial charge in [-0.05, 0) is 49.4 Å². The number of benzene rings is 2. The molecule has 1 fully saturated rings. The summed E-state index contributed by atoms with van der Waals surface area (Å²) in [6.45, 7) is 6.01. The Labute approximate surface area is 209 Å². The fraction of sp³-hybridized carbons (Fsp3) is 0.480. The zero-order valence-electron chi connectivity index (χ0n) is 19.4. The van der Waals surface area contributed by atoms with Gasteiger partial charge in [0.15, 0.2) is 17.5 Å². The predicted molar refractivity (Wildman–Crippen MR) is 141 cm³/mol. The van der Waals surface area contributed by atoms with E-state index in [1.165, 1.54) is 11.1 Å². The van der Waals surface area contributed by atoms with Gasteiger partial charge in [0, 0.05) is 31.7 Å². The normalized spacial score (nSPS) is 15.4. The fourth-order valence-electron chi connectivity index (χ4n) is 4.03. The van der Waals surface area contributed by atoms with Crippen LogP contribution >= 0.6 is 24.0 Å². The van der Waals surface area contributed by atoms with Gasteiger partial charge in [0.2, 0.25) is 0 Å². The minimum Gasteiger partial charge on any atom is -0.493 e. The van der Waals surface area contributed by atoms with Crippen molar-refractivity contribution in [2.45, 2.75) is 31.6 Å². The van der Waals surface area contributed by atoms with Crippen LogP contribution in [0.2, 0.25) is 0 Å². The second-order valence-electron chi connectivity index (χ2n) is 7.82. The molecular formula is C25H36IN3O3. The van der Waals surface area contributed by atoms with Crippen LogP contribution < -0.4 is 20.1 Å². The largest absolute Gasteiger partial charge is 0.493 e. The van der Waals surface area contributed by atoms with E-state index in [0.29, 0.717) is 0 Å². The molecule has 1 heterocycles. The number of ether oxygens (including phenoxy) is 3. The lowest BCUT2D eigenvalue weighted by atomic mass is 9.74. The Morgan fingerprint density at radius 1 is 1.00 bits per heavy atom. The number of nitrogens with zero attached hydrogens (tertiary/aromatic N) is 1. The van der Waals surface area contributed by atoms with Crippen molar-refractivity contribution in [3.8, 4) is 11.5 Å². The van der Waals surface area contributed by atoms with Crippen molar-refractivity contribution in [2.75, 3.05) is 47.1 Å². The van der Waals surface area contributed by atoms with Gasteiger partial charge in [0.1, 0.15) is 0 Å². The monoisotopic (exact) mass is 553 g/mol. The first-order chi connectivity index (χ1) is 15.2. The second-order valence-corrected chi connectivity index (χ2v) is 7.82. The lowest BCUT2D eigenvalue weighted by Gasteiger charge is -2.36. The van der Waals surface area contributed by atoms with Crippen molar-refractivity contribution in [2.24, 2.45) is 4.99 Å². The van der Waals surface area contributed by atoms with Crippen molar-refractivity contribution in [3.05, 3.63) is 59.7 Å². The van der Waals surface area contributed by atoms with Crippen molar-refractivity contribution in [1.29, 1.82) is 0 Å². The summed E-state index contributed by atoms with van der Waals surface area (Å²) < 4.78 is 16.4. The van der Waals surface area contributed by atoms with Gasteiger partial charge in [-0.15, -0.1) is 24.0 Å². The third-order valence-corrected chi connectivity index (χ3v) is 5.87. The van der Waals surface area contributed by atoms with E-state index in [1.54, 1.807) is 14.2 Å². The molecule has 0 atom stereocenters. The molecule has 0 bridgehead atoms. The molecule has 0 spiro atoms. The van der Waals surface area contributed by atoms with Crippen LogP contribution in [0.5, 0.6) is 11.5 Å². The van der Waals surface area contributed by atoms with Gasteiger partial charge in [0.05, 0.1) is 20.8 Å². The van der Waals surface area contributed by atoms with Gasteiger partial charge in [-0.1, -0.05) is 36.4 Å². The SMILES string of the molecule is CCNC(=NCC1(c2ccccc2)CCOCC1)NCCc1ccc(OC)c(OC)c1.I. The third kappa shape index (κ3) is 7.00. The number of hydrogen-bond donors (Lipinski definition) is 2. The summed E-state index contributed by atoms with van der Waals surface area (Å²) in [5.74, 6) is 2.35. The maximum atomic E-state index is 5.65. The molecule has 3 rings (SSSR count). The van der Waals surface area contributed by atoms with Crippen LogP contribution in [-0.4, -0.2) is 53.0 Å². The molecule has 32 heavy (non-hydrogen) atoms. The lowest BCUT2D eigenvalue weighted by molar-refractivity contribution is 0.0531. The van der Waals surface area contributed by atoms with Gasteiger partial charge >= 0.3 is 0 Å². The molecule has 1 aliphatic rings. The molecule has 2 aromatic rings. The van der Waals surface area contributed by atoms with Crippen LogP contribution in [0.25, 0.3) is 0 Å². The quantitative estimate of drug-likeness (QED) is 0.278. The Kier molecular flexibility index (Phi) is 11.1. The minimum atomic E-state index is 0. The number of hydrogen-bond acceptors (Lipinski definition) is 4. The van der Waals surface area contributed by atoms with E-state index in [-0.39, 0.29) is 29.4 Å². The maximum absolute atomic E-state index is 5.65. The van der Waals surface area contributed by atoms with Gasteiger partial charge in [-0.2, -0.15) is 0 Å². The molecular weight excluding hydrogens is 517 g/mol. The maximum Gasteiger partial charge on any atom is 0.191 e. The Morgan fingerprint density at radius 2 is 1.72 bits per heavy atom. The Balaban J connectivity index is 0.00000363.